The minimum atomic E-state index is -4.95. The van der Waals surface area contributed by atoms with Gasteiger partial charge in [0.1, 0.15) is 4.90 Å². The number of alkyl halides is 3. The Hall–Kier alpha value is -2.16. The Kier molecular flexibility index (Phi) is 3.62. The second-order valence-corrected chi connectivity index (χ2v) is 6.17. The first-order valence-corrected chi connectivity index (χ1v) is 7.12. The summed E-state index contributed by atoms with van der Waals surface area (Å²) in [7, 11) is -4.39. The van der Waals surface area contributed by atoms with Gasteiger partial charge in [0.25, 0.3) is 0 Å². The maximum absolute atomic E-state index is 12.9. The van der Waals surface area contributed by atoms with E-state index in [9.17, 15) is 21.6 Å². The molecule has 0 atom stereocenters. The molecule has 9 heteroatoms. The molecule has 0 aliphatic rings. The van der Waals surface area contributed by atoms with Crippen molar-refractivity contribution >= 4 is 15.8 Å². The SMILES string of the molecule is Cc1ccc(S(=O)(=O)c2cnc(N)nc2C(F)(F)F)cc1. The molecule has 0 aliphatic carbocycles. The Bertz CT molecular complexity index is 771. The fourth-order valence-corrected chi connectivity index (χ4v) is 2.98. The molecule has 2 N–H and O–H groups in total. The highest BCUT2D eigenvalue weighted by molar-refractivity contribution is 7.91. The molecule has 112 valence electrons. The smallest absolute Gasteiger partial charge is 0.368 e. The standard InChI is InChI=1S/C12H10F3N3O2S/c1-7-2-4-8(5-3-7)21(19,20)9-6-17-11(16)18-10(9)12(13,14)15/h2-6H,1H3,(H2,16,17,18). The van der Waals surface area contributed by atoms with Crippen molar-refractivity contribution in [3.8, 4) is 0 Å². The molecule has 0 fully saturated rings. The number of aryl methyl sites for hydroxylation is 1. The van der Waals surface area contributed by atoms with E-state index in [1.54, 1.807) is 6.92 Å². The van der Waals surface area contributed by atoms with Gasteiger partial charge in [-0.2, -0.15) is 13.2 Å². The van der Waals surface area contributed by atoms with Gasteiger partial charge in [0.15, 0.2) is 5.69 Å². The largest absolute Gasteiger partial charge is 0.434 e. The number of benzene rings is 1. The summed E-state index contributed by atoms with van der Waals surface area (Å²) in [5.74, 6) is -0.648. The summed E-state index contributed by atoms with van der Waals surface area (Å²) in [4.78, 5) is 5.07. The molecule has 0 unspecified atom stereocenters. The highest BCUT2D eigenvalue weighted by Gasteiger charge is 2.40. The Balaban J connectivity index is 2.68. The molecule has 1 heterocycles. The summed E-state index contributed by atoms with van der Waals surface area (Å²) < 4.78 is 63.4. The average molecular weight is 317 g/mol. The van der Waals surface area contributed by atoms with Gasteiger partial charge in [-0.3, -0.25) is 0 Å². The molecule has 2 rings (SSSR count). The van der Waals surface area contributed by atoms with Crippen LogP contribution in [0.25, 0.3) is 0 Å². The minimum Gasteiger partial charge on any atom is -0.368 e. The van der Waals surface area contributed by atoms with Crippen LogP contribution in [0.15, 0.2) is 40.3 Å². The zero-order valence-corrected chi connectivity index (χ0v) is 11.5. The maximum Gasteiger partial charge on any atom is 0.434 e. The lowest BCUT2D eigenvalue weighted by molar-refractivity contribution is -0.143. The van der Waals surface area contributed by atoms with E-state index in [2.05, 4.69) is 9.97 Å². The molecule has 1 aromatic carbocycles. The van der Waals surface area contributed by atoms with Crippen molar-refractivity contribution in [1.82, 2.24) is 9.97 Å². The maximum atomic E-state index is 12.9. The number of aromatic nitrogens is 2. The number of halogens is 3. The predicted octanol–water partition coefficient (Wildman–Crippen LogP) is 2.22. The van der Waals surface area contributed by atoms with Crippen LogP contribution in [0.4, 0.5) is 19.1 Å². The van der Waals surface area contributed by atoms with Gasteiger partial charge in [-0.1, -0.05) is 17.7 Å². The van der Waals surface area contributed by atoms with Gasteiger partial charge in [0, 0.05) is 0 Å². The van der Waals surface area contributed by atoms with E-state index in [0.717, 1.165) is 5.56 Å². The molecule has 0 bridgehead atoms. The number of nitrogens with zero attached hydrogens (tertiary/aromatic N) is 2. The van der Waals surface area contributed by atoms with Gasteiger partial charge in [-0.05, 0) is 19.1 Å². The van der Waals surface area contributed by atoms with Crippen molar-refractivity contribution in [3.63, 3.8) is 0 Å². The van der Waals surface area contributed by atoms with E-state index in [4.69, 9.17) is 5.73 Å². The Morgan fingerprint density at radius 3 is 2.24 bits per heavy atom. The van der Waals surface area contributed by atoms with Crippen LogP contribution in [0.3, 0.4) is 0 Å². The number of rotatable bonds is 2. The molecule has 1 aromatic heterocycles. The normalized spacial score (nSPS) is 12.4. The third kappa shape index (κ3) is 2.97. The molecule has 5 nitrogen and oxygen atoms in total. The van der Waals surface area contributed by atoms with Crippen molar-refractivity contribution in [2.45, 2.75) is 22.9 Å². The van der Waals surface area contributed by atoms with Crippen LogP contribution in [-0.4, -0.2) is 18.4 Å². The number of nitrogen functional groups attached to an aromatic ring is 1. The highest BCUT2D eigenvalue weighted by atomic mass is 32.2. The van der Waals surface area contributed by atoms with E-state index >= 15 is 0 Å². The quantitative estimate of drug-likeness (QED) is 0.918. The summed E-state index contributed by atoms with van der Waals surface area (Å²) in [6, 6.07) is 5.42. The number of nitrogens with two attached hydrogens (primary N) is 1. The van der Waals surface area contributed by atoms with E-state index in [-0.39, 0.29) is 4.90 Å². The lowest BCUT2D eigenvalue weighted by atomic mass is 10.2. The zero-order valence-electron chi connectivity index (χ0n) is 10.7. The third-order valence-electron chi connectivity index (χ3n) is 2.66. The Morgan fingerprint density at radius 1 is 1.14 bits per heavy atom. The molecule has 0 saturated carbocycles. The van der Waals surface area contributed by atoms with E-state index in [1.165, 1.54) is 24.3 Å². The fraction of sp³-hybridized carbons (Fsp3) is 0.167. The van der Waals surface area contributed by atoms with Crippen LogP contribution in [0, 0.1) is 6.92 Å². The Morgan fingerprint density at radius 2 is 1.71 bits per heavy atom. The van der Waals surface area contributed by atoms with Crippen LogP contribution in [0.5, 0.6) is 0 Å². The molecule has 0 saturated heterocycles. The average Bonchev–Trinajstić information content (AvgIpc) is 2.38. The summed E-state index contributed by atoms with van der Waals surface area (Å²) in [5.41, 5.74) is 4.31. The van der Waals surface area contributed by atoms with Gasteiger partial charge in [0.2, 0.25) is 15.8 Å². The third-order valence-corrected chi connectivity index (χ3v) is 4.43. The molecule has 2 aromatic rings. The Labute approximate surface area is 118 Å². The molecule has 0 spiro atoms. The van der Waals surface area contributed by atoms with Crippen LogP contribution in [0.1, 0.15) is 11.3 Å². The molecule has 21 heavy (non-hydrogen) atoms. The number of sulfone groups is 1. The van der Waals surface area contributed by atoms with Gasteiger partial charge in [-0.25, -0.2) is 18.4 Å². The molecule has 0 aliphatic heterocycles. The summed E-state index contributed by atoms with van der Waals surface area (Å²) in [6.07, 6.45) is -4.38. The summed E-state index contributed by atoms with van der Waals surface area (Å²) in [5, 5.41) is 0. The topological polar surface area (TPSA) is 85.9 Å². The molecule has 0 radical (unpaired) electrons. The first-order valence-electron chi connectivity index (χ1n) is 5.64. The van der Waals surface area contributed by atoms with Gasteiger partial charge >= 0.3 is 6.18 Å². The van der Waals surface area contributed by atoms with Crippen molar-refractivity contribution in [3.05, 3.63) is 41.7 Å². The molecular formula is C12H10F3N3O2S. The van der Waals surface area contributed by atoms with Crippen LogP contribution >= 0.6 is 0 Å². The summed E-state index contributed by atoms with van der Waals surface area (Å²) in [6.45, 7) is 1.73. The van der Waals surface area contributed by atoms with E-state index < -0.39 is 32.6 Å². The lowest BCUT2D eigenvalue weighted by Gasteiger charge is -2.12. The van der Waals surface area contributed by atoms with Crippen LogP contribution in [-0.2, 0) is 16.0 Å². The van der Waals surface area contributed by atoms with Gasteiger partial charge in [-0.15, -0.1) is 0 Å². The summed E-state index contributed by atoms with van der Waals surface area (Å²) >= 11 is 0. The number of hydrogen-bond donors (Lipinski definition) is 1. The molecular weight excluding hydrogens is 307 g/mol. The van der Waals surface area contributed by atoms with Crippen molar-refractivity contribution in [2.75, 3.05) is 5.73 Å². The molecule has 0 amide bonds. The van der Waals surface area contributed by atoms with Crippen molar-refractivity contribution < 1.29 is 21.6 Å². The second kappa shape index (κ2) is 4.99. The van der Waals surface area contributed by atoms with Gasteiger partial charge in [0.05, 0.1) is 11.1 Å². The van der Waals surface area contributed by atoms with Crippen LogP contribution < -0.4 is 5.73 Å². The van der Waals surface area contributed by atoms with Crippen molar-refractivity contribution in [2.24, 2.45) is 0 Å². The van der Waals surface area contributed by atoms with E-state index in [1.807, 2.05) is 0 Å². The predicted molar refractivity (Wildman–Crippen MR) is 68.1 cm³/mol. The van der Waals surface area contributed by atoms with Crippen LogP contribution in [0.2, 0.25) is 0 Å². The van der Waals surface area contributed by atoms with Gasteiger partial charge < -0.3 is 5.73 Å². The first-order chi connectivity index (χ1) is 9.62. The van der Waals surface area contributed by atoms with Crippen molar-refractivity contribution in [1.29, 1.82) is 0 Å². The van der Waals surface area contributed by atoms with E-state index in [0.29, 0.717) is 6.20 Å². The minimum absolute atomic E-state index is 0.271. The first kappa shape index (κ1) is 15.2. The second-order valence-electron chi connectivity index (χ2n) is 4.26. The highest BCUT2D eigenvalue weighted by Crippen LogP contribution is 2.34. The number of anilines is 1. The number of hydrogen-bond acceptors (Lipinski definition) is 5. The monoisotopic (exact) mass is 317 g/mol. The lowest BCUT2D eigenvalue weighted by Crippen LogP contribution is -2.17. The fourth-order valence-electron chi connectivity index (χ4n) is 1.63. The zero-order chi connectivity index (χ0) is 15.8.